The lowest BCUT2D eigenvalue weighted by atomic mass is 10.1. The van der Waals surface area contributed by atoms with Crippen molar-refractivity contribution in [2.45, 2.75) is 6.54 Å². The summed E-state index contributed by atoms with van der Waals surface area (Å²) in [6.45, 7) is 0.324. The number of nitrogens with zero attached hydrogens (tertiary/aromatic N) is 2. The van der Waals surface area contributed by atoms with Gasteiger partial charge in [-0.1, -0.05) is 22.0 Å². The molecule has 0 bridgehead atoms. The van der Waals surface area contributed by atoms with Gasteiger partial charge < -0.3 is 0 Å². The monoisotopic (exact) mass is 322 g/mol. The smallest absolute Gasteiger partial charge is 0.267 e. The van der Waals surface area contributed by atoms with Crippen LogP contribution in [0.4, 0.5) is 0 Å². The molecule has 1 aromatic heterocycles. The van der Waals surface area contributed by atoms with Crippen molar-refractivity contribution in [2.75, 3.05) is 0 Å². The van der Waals surface area contributed by atoms with Crippen LogP contribution in [0.25, 0.3) is 0 Å². The highest BCUT2D eigenvalue weighted by atomic mass is 79.9. The minimum absolute atomic E-state index is 0.182. The van der Waals surface area contributed by atoms with Crippen LogP contribution in [0.5, 0.6) is 0 Å². The van der Waals surface area contributed by atoms with E-state index in [1.54, 1.807) is 30.5 Å². The second kappa shape index (κ2) is 5.77. The Kier molecular flexibility index (Phi) is 4.08. The zero-order valence-corrected chi connectivity index (χ0v) is 11.4. The fraction of sp³-hybridized carbons (Fsp3) is 0.0833. The van der Waals surface area contributed by atoms with Crippen LogP contribution in [-0.2, 0) is 6.54 Å². The van der Waals surface area contributed by atoms with Gasteiger partial charge in [0.2, 0.25) is 0 Å². The zero-order valence-electron chi connectivity index (χ0n) is 9.84. The van der Waals surface area contributed by atoms with Gasteiger partial charge in [0.15, 0.2) is 0 Å². The van der Waals surface area contributed by atoms with Crippen LogP contribution >= 0.6 is 15.9 Å². The molecule has 6 nitrogen and oxygen atoms in total. The van der Waals surface area contributed by atoms with Gasteiger partial charge in [-0.05, 0) is 23.8 Å². The van der Waals surface area contributed by atoms with Gasteiger partial charge in [-0.2, -0.15) is 5.10 Å². The molecule has 0 saturated heterocycles. The van der Waals surface area contributed by atoms with Crippen LogP contribution in [0.3, 0.4) is 0 Å². The number of hydrogen-bond donors (Lipinski definition) is 2. The minimum atomic E-state index is -0.373. The van der Waals surface area contributed by atoms with E-state index in [2.05, 4.69) is 26.5 Å². The molecule has 0 aliphatic carbocycles. The van der Waals surface area contributed by atoms with Crippen LogP contribution in [0, 0.1) is 0 Å². The second-order valence-electron chi connectivity index (χ2n) is 3.80. The first kappa shape index (κ1) is 13.4. The quantitative estimate of drug-likeness (QED) is 0.493. The van der Waals surface area contributed by atoms with Gasteiger partial charge in [0.1, 0.15) is 0 Å². The van der Waals surface area contributed by atoms with Gasteiger partial charge >= 0.3 is 0 Å². The lowest BCUT2D eigenvalue weighted by molar-refractivity contribution is 0.0953. The van der Waals surface area contributed by atoms with E-state index in [0.29, 0.717) is 16.6 Å². The average molecular weight is 323 g/mol. The van der Waals surface area contributed by atoms with Crippen LogP contribution < -0.4 is 16.8 Å². The molecule has 0 aliphatic heterocycles. The normalized spacial score (nSPS) is 10.2. The zero-order chi connectivity index (χ0) is 13.8. The largest absolute Gasteiger partial charge is 0.290 e. The van der Waals surface area contributed by atoms with Crippen molar-refractivity contribution < 1.29 is 4.79 Å². The van der Waals surface area contributed by atoms with Gasteiger partial charge in [-0.25, -0.2) is 10.5 Å². The number of benzene rings is 1. The van der Waals surface area contributed by atoms with Crippen molar-refractivity contribution >= 4 is 21.8 Å². The molecule has 2 aromatic rings. The Balaban J connectivity index is 2.30. The molecule has 0 unspecified atom stereocenters. The van der Waals surface area contributed by atoms with Crippen molar-refractivity contribution in [1.29, 1.82) is 0 Å². The maximum absolute atomic E-state index is 11.6. The van der Waals surface area contributed by atoms with Crippen LogP contribution in [0.2, 0.25) is 0 Å². The van der Waals surface area contributed by atoms with E-state index >= 15 is 0 Å². The predicted molar refractivity (Wildman–Crippen MR) is 73.4 cm³/mol. The van der Waals surface area contributed by atoms with Crippen molar-refractivity contribution in [1.82, 2.24) is 15.2 Å². The van der Waals surface area contributed by atoms with E-state index in [-0.39, 0.29) is 11.5 Å². The molecule has 98 valence electrons. The summed E-state index contributed by atoms with van der Waals surface area (Å²) < 4.78 is 2.05. The average Bonchev–Trinajstić information content (AvgIpc) is 2.42. The Morgan fingerprint density at radius 2 is 2.21 bits per heavy atom. The first-order valence-corrected chi connectivity index (χ1v) is 6.22. The van der Waals surface area contributed by atoms with Gasteiger partial charge in [0.25, 0.3) is 11.5 Å². The molecule has 19 heavy (non-hydrogen) atoms. The number of hydrazine groups is 1. The van der Waals surface area contributed by atoms with E-state index in [9.17, 15) is 9.59 Å². The summed E-state index contributed by atoms with van der Waals surface area (Å²) in [5, 5.41) is 3.97. The number of carbonyl (C=O) groups excluding carboxylic acids is 1. The number of hydrogen-bond acceptors (Lipinski definition) is 4. The molecule has 0 radical (unpaired) electrons. The SMILES string of the molecule is NNC(=O)c1ccc(Cn2ncccc2=O)c(Br)c1. The fourth-order valence-electron chi connectivity index (χ4n) is 1.57. The van der Waals surface area contributed by atoms with Gasteiger partial charge in [-0.3, -0.25) is 15.0 Å². The summed E-state index contributed by atoms with van der Waals surface area (Å²) in [6, 6.07) is 8.05. The predicted octanol–water partition coefficient (Wildman–Crippen LogP) is 0.658. The van der Waals surface area contributed by atoms with E-state index in [1.807, 2.05) is 0 Å². The Bertz CT molecular complexity index is 669. The van der Waals surface area contributed by atoms with Crippen molar-refractivity contribution in [2.24, 2.45) is 5.84 Å². The first-order chi connectivity index (χ1) is 9.11. The molecule has 1 amide bonds. The van der Waals surface area contributed by atoms with E-state index in [1.165, 1.54) is 10.7 Å². The molecule has 7 heteroatoms. The van der Waals surface area contributed by atoms with Crippen molar-refractivity contribution in [3.63, 3.8) is 0 Å². The topological polar surface area (TPSA) is 90.0 Å². The summed E-state index contributed by atoms with van der Waals surface area (Å²) >= 11 is 3.36. The molecule has 2 rings (SSSR count). The number of halogens is 1. The maximum Gasteiger partial charge on any atom is 0.267 e. The van der Waals surface area contributed by atoms with Crippen molar-refractivity contribution in [3.8, 4) is 0 Å². The molecular formula is C12H11BrN4O2. The second-order valence-corrected chi connectivity index (χ2v) is 4.65. The number of rotatable bonds is 3. The molecule has 0 atom stereocenters. The third-order valence-corrected chi connectivity index (χ3v) is 3.29. The van der Waals surface area contributed by atoms with Gasteiger partial charge in [-0.15, -0.1) is 0 Å². The number of aromatic nitrogens is 2. The highest BCUT2D eigenvalue weighted by Crippen LogP contribution is 2.19. The summed E-state index contributed by atoms with van der Waals surface area (Å²) in [5.41, 5.74) is 3.16. The molecule has 0 aliphatic rings. The lowest BCUT2D eigenvalue weighted by Gasteiger charge is -2.08. The van der Waals surface area contributed by atoms with Gasteiger partial charge in [0.05, 0.1) is 6.54 Å². The highest BCUT2D eigenvalue weighted by Gasteiger charge is 2.08. The van der Waals surface area contributed by atoms with E-state index in [0.717, 1.165) is 5.56 Å². The molecule has 0 spiro atoms. The summed E-state index contributed by atoms with van der Waals surface area (Å²) in [4.78, 5) is 22.9. The maximum atomic E-state index is 11.6. The van der Waals surface area contributed by atoms with Crippen LogP contribution in [-0.4, -0.2) is 15.7 Å². The Morgan fingerprint density at radius 1 is 1.42 bits per heavy atom. The molecule has 0 saturated carbocycles. The standard InChI is InChI=1S/C12H11BrN4O2/c13-10-6-8(12(19)16-14)3-4-9(10)7-17-11(18)2-1-5-15-17/h1-6H,7,14H2,(H,16,19). The fourth-order valence-corrected chi connectivity index (χ4v) is 2.07. The molecule has 1 heterocycles. The molecular weight excluding hydrogens is 312 g/mol. The Hall–Kier alpha value is -1.99. The summed E-state index contributed by atoms with van der Waals surface area (Å²) in [6.07, 6.45) is 1.55. The first-order valence-electron chi connectivity index (χ1n) is 5.43. The molecule has 1 aromatic carbocycles. The number of nitrogen functional groups attached to an aromatic ring is 1. The summed E-state index contributed by atoms with van der Waals surface area (Å²) in [7, 11) is 0. The third kappa shape index (κ3) is 3.07. The van der Waals surface area contributed by atoms with Crippen molar-refractivity contribution in [3.05, 3.63) is 62.5 Å². The Labute approximate surface area is 117 Å². The Morgan fingerprint density at radius 3 is 2.84 bits per heavy atom. The third-order valence-electron chi connectivity index (χ3n) is 2.55. The lowest BCUT2D eigenvalue weighted by Crippen LogP contribution is -2.30. The number of carbonyl (C=O) groups is 1. The van der Waals surface area contributed by atoms with E-state index < -0.39 is 0 Å². The van der Waals surface area contributed by atoms with Crippen LogP contribution in [0.1, 0.15) is 15.9 Å². The molecule has 3 N–H and O–H groups in total. The highest BCUT2D eigenvalue weighted by molar-refractivity contribution is 9.10. The number of nitrogens with one attached hydrogen (secondary N) is 1. The minimum Gasteiger partial charge on any atom is -0.290 e. The number of nitrogens with two attached hydrogens (primary N) is 1. The van der Waals surface area contributed by atoms with Gasteiger partial charge in [0, 0.05) is 22.3 Å². The molecule has 0 fully saturated rings. The van der Waals surface area contributed by atoms with Crippen LogP contribution in [0.15, 0.2) is 45.8 Å². The summed E-state index contributed by atoms with van der Waals surface area (Å²) in [5.74, 6) is 4.69. The van der Waals surface area contributed by atoms with E-state index in [4.69, 9.17) is 5.84 Å². The number of amides is 1.